The van der Waals surface area contributed by atoms with Gasteiger partial charge in [-0.15, -0.1) is 0 Å². The summed E-state index contributed by atoms with van der Waals surface area (Å²) in [5, 5.41) is 0. The van der Waals surface area contributed by atoms with Crippen molar-refractivity contribution in [3.8, 4) is 5.75 Å². The molecule has 0 saturated carbocycles. The number of para-hydroxylation sites is 2. The molecule has 4 nitrogen and oxygen atoms in total. The number of ether oxygens (including phenoxy) is 2. The van der Waals surface area contributed by atoms with Gasteiger partial charge in [-0.05, 0) is 42.3 Å². The molecule has 0 fully saturated rings. The lowest BCUT2D eigenvalue weighted by molar-refractivity contribution is 0.0600. The fraction of sp³-hybridized carbons (Fsp3) is 0.208. The maximum Gasteiger partial charge on any atom is 0.337 e. The third-order valence-corrected chi connectivity index (χ3v) is 4.57. The van der Waals surface area contributed by atoms with Gasteiger partial charge in [-0.1, -0.05) is 54.6 Å². The maximum absolute atomic E-state index is 11.6. The van der Waals surface area contributed by atoms with E-state index in [1.54, 1.807) is 12.1 Å². The second-order valence-corrected chi connectivity index (χ2v) is 6.44. The molecule has 144 valence electrons. The molecule has 0 atom stereocenters. The molecule has 0 bridgehead atoms. The first kappa shape index (κ1) is 19.5. The Balaban J connectivity index is 1.74. The van der Waals surface area contributed by atoms with Crippen LogP contribution in [0.25, 0.3) is 0 Å². The van der Waals surface area contributed by atoms with Gasteiger partial charge in [-0.2, -0.15) is 0 Å². The first-order valence-electron chi connectivity index (χ1n) is 9.39. The van der Waals surface area contributed by atoms with Crippen LogP contribution in [0.15, 0.2) is 78.9 Å². The van der Waals surface area contributed by atoms with E-state index in [1.807, 2.05) is 48.5 Å². The van der Waals surface area contributed by atoms with Crippen LogP contribution >= 0.6 is 0 Å². The predicted octanol–water partition coefficient (Wildman–Crippen LogP) is 5.08. The fourth-order valence-electron chi connectivity index (χ4n) is 3.03. The van der Waals surface area contributed by atoms with Crippen molar-refractivity contribution >= 4 is 11.7 Å². The Kier molecular flexibility index (Phi) is 6.68. The van der Waals surface area contributed by atoms with E-state index in [1.165, 1.54) is 7.11 Å². The number of methoxy groups -OCH3 is 1. The Hall–Kier alpha value is -3.27. The molecule has 4 heteroatoms. The number of hydrogen-bond acceptors (Lipinski definition) is 4. The lowest BCUT2D eigenvalue weighted by Gasteiger charge is -2.25. The van der Waals surface area contributed by atoms with Gasteiger partial charge >= 0.3 is 5.97 Å². The van der Waals surface area contributed by atoms with Crippen molar-refractivity contribution in [2.24, 2.45) is 0 Å². The average molecular weight is 375 g/mol. The van der Waals surface area contributed by atoms with Gasteiger partial charge in [0.05, 0.1) is 18.4 Å². The first-order chi connectivity index (χ1) is 13.7. The summed E-state index contributed by atoms with van der Waals surface area (Å²) in [6, 6.07) is 25.8. The van der Waals surface area contributed by atoms with Gasteiger partial charge in [-0.3, -0.25) is 0 Å². The van der Waals surface area contributed by atoms with Crippen molar-refractivity contribution in [1.29, 1.82) is 0 Å². The highest BCUT2D eigenvalue weighted by atomic mass is 16.5. The molecule has 0 aliphatic rings. The van der Waals surface area contributed by atoms with Crippen LogP contribution in [0.1, 0.15) is 28.4 Å². The number of carbonyl (C=O) groups excluding carboxylic acids is 1. The third-order valence-electron chi connectivity index (χ3n) is 4.57. The fourth-order valence-corrected chi connectivity index (χ4v) is 3.03. The number of anilines is 1. The van der Waals surface area contributed by atoms with Gasteiger partial charge < -0.3 is 14.4 Å². The molecule has 0 aliphatic carbocycles. The number of rotatable bonds is 8. The molecular formula is C24H25NO3. The summed E-state index contributed by atoms with van der Waals surface area (Å²) in [6.07, 6.45) is 0. The van der Waals surface area contributed by atoms with E-state index in [9.17, 15) is 4.79 Å². The molecule has 0 spiro atoms. The van der Waals surface area contributed by atoms with Crippen LogP contribution < -0.4 is 9.64 Å². The predicted molar refractivity (Wildman–Crippen MR) is 112 cm³/mol. The summed E-state index contributed by atoms with van der Waals surface area (Å²) in [5.74, 6) is 0.540. The monoisotopic (exact) mass is 375 g/mol. The zero-order valence-electron chi connectivity index (χ0n) is 16.3. The number of benzene rings is 3. The van der Waals surface area contributed by atoms with Gasteiger partial charge in [0.2, 0.25) is 0 Å². The standard InChI is InChI=1S/C24H25NO3/c1-3-25(17-19-13-15-21(16-14-19)24(26)27-2)22-11-7-8-12-23(22)28-18-20-9-5-4-6-10-20/h4-16H,3,17-18H2,1-2H3. The molecule has 0 amide bonds. The summed E-state index contributed by atoms with van der Waals surface area (Å²) in [4.78, 5) is 13.9. The molecule has 0 heterocycles. The van der Waals surface area contributed by atoms with Crippen LogP contribution in [-0.4, -0.2) is 19.6 Å². The maximum atomic E-state index is 11.6. The molecule has 0 unspecified atom stereocenters. The second-order valence-electron chi connectivity index (χ2n) is 6.44. The lowest BCUT2D eigenvalue weighted by Crippen LogP contribution is -2.22. The minimum atomic E-state index is -0.321. The summed E-state index contributed by atoms with van der Waals surface area (Å²) >= 11 is 0. The van der Waals surface area contributed by atoms with Crippen LogP contribution in [0.3, 0.4) is 0 Å². The van der Waals surface area contributed by atoms with Gasteiger partial charge in [-0.25, -0.2) is 4.79 Å². The van der Waals surface area contributed by atoms with E-state index in [2.05, 4.69) is 30.0 Å². The Morgan fingerprint density at radius 3 is 2.21 bits per heavy atom. The minimum absolute atomic E-state index is 0.321. The Morgan fingerprint density at radius 1 is 0.857 bits per heavy atom. The highest BCUT2D eigenvalue weighted by Crippen LogP contribution is 2.30. The van der Waals surface area contributed by atoms with E-state index < -0.39 is 0 Å². The lowest BCUT2D eigenvalue weighted by atomic mass is 10.1. The van der Waals surface area contributed by atoms with Crippen molar-refractivity contribution in [2.75, 3.05) is 18.6 Å². The van der Waals surface area contributed by atoms with Gasteiger partial charge in [0, 0.05) is 13.1 Å². The zero-order chi connectivity index (χ0) is 19.8. The van der Waals surface area contributed by atoms with Crippen LogP contribution in [0, 0.1) is 0 Å². The van der Waals surface area contributed by atoms with Gasteiger partial charge in [0.1, 0.15) is 12.4 Å². The number of hydrogen-bond donors (Lipinski definition) is 0. The molecule has 0 N–H and O–H groups in total. The Morgan fingerprint density at radius 2 is 1.54 bits per heavy atom. The van der Waals surface area contributed by atoms with Crippen LogP contribution in [0.4, 0.5) is 5.69 Å². The number of carbonyl (C=O) groups is 1. The Bertz CT molecular complexity index is 891. The summed E-state index contributed by atoms with van der Waals surface area (Å²) < 4.78 is 10.9. The quantitative estimate of drug-likeness (QED) is 0.515. The van der Waals surface area contributed by atoms with E-state index >= 15 is 0 Å². The van der Waals surface area contributed by atoms with Gasteiger partial charge in [0.25, 0.3) is 0 Å². The molecule has 3 aromatic carbocycles. The van der Waals surface area contributed by atoms with Crippen molar-refractivity contribution in [3.63, 3.8) is 0 Å². The third kappa shape index (κ3) is 4.92. The summed E-state index contributed by atoms with van der Waals surface area (Å²) in [5.41, 5.74) is 3.87. The van der Waals surface area contributed by atoms with Crippen molar-refractivity contribution in [2.45, 2.75) is 20.1 Å². The molecule has 0 aromatic heterocycles. The van der Waals surface area contributed by atoms with Gasteiger partial charge in [0.15, 0.2) is 0 Å². The first-order valence-corrected chi connectivity index (χ1v) is 9.39. The van der Waals surface area contributed by atoms with E-state index in [-0.39, 0.29) is 5.97 Å². The molecule has 0 saturated heterocycles. The van der Waals surface area contributed by atoms with E-state index in [0.29, 0.717) is 12.2 Å². The zero-order valence-corrected chi connectivity index (χ0v) is 16.3. The molecule has 28 heavy (non-hydrogen) atoms. The smallest absolute Gasteiger partial charge is 0.337 e. The van der Waals surface area contributed by atoms with Crippen LogP contribution in [0.5, 0.6) is 5.75 Å². The number of esters is 1. The van der Waals surface area contributed by atoms with Crippen LogP contribution in [0.2, 0.25) is 0 Å². The SMILES string of the molecule is CCN(Cc1ccc(C(=O)OC)cc1)c1ccccc1OCc1ccccc1. The van der Waals surface area contributed by atoms with Crippen molar-refractivity contribution in [3.05, 3.63) is 95.6 Å². The molecule has 3 rings (SSSR count). The molecule has 3 aromatic rings. The summed E-state index contributed by atoms with van der Waals surface area (Å²) in [7, 11) is 1.39. The van der Waals surface area contributed by atoms with Crippen molar-refractivity contribution in [1.82, 2.24) is 0 Å². The van der Waals surface area contributed by atoms with Crippen LogP contribution in [-0.2, 0) is 17.9 Å². The number of nitrogens with zero attached hydrogens (tertiary/aromatic N) is 1. The largest absolute Gasteiger partial charge is 0.487 e. The van der Waals surface area contributed by atoms with Crippen molar-refractivity contribution < 1.29 is 14.3 Å². The highest BCUT2D eigenvalue weighted by molar-refractivity contribution is 5.89. The summed E-state index contributed by atoms with van der Waals surface area (Å²) in [6.45, 7) is 4.22. The molecule has 0 aliphatic heterocycles. The van der Waals surface area contributed by atoms with E-state index in [0.717, 1.165) is 35.7 Å². The second kappa shape index (κ2) is 9.60. The highest BCUT2D eigenvalue weighted by Gasteiger charge is 2.12. The molecule has 0 radical (unpaired) electrons. The Labute approximate surface area is 166 Å². The topological polar surface area (TPSA) is 38.8 Å². The molecular weight excluding hydrogens is 350 g/mol. The average Bonchev–Trinajstić information content (AvgIpc) is 2.77. The van der Waals surface area contributed by atoms with E-state index in [4.69, 9.17) is 9.47 Å². The minimum Gasteiger partial charge on any atom is -0.487 e. The normalized spacial score (nSPS) is 10.4.